The highest BCUT2D eigenvalue weighted by Gasteiger charge is 2.42. The minimum absolute atomic E-state index is 0. The van der Waals surface area contributed by atoms with Crippen molar-refractivity contribution in [1.29, 1.82) is 0 Å². The fourth-order valence-electron chi connectivity index (χ4n) is 3.80. The second kappa shape index (κ2) is 8.98. The van der Waals surface area contributed by atoms with E-state index >= 15 is 0 Å². The normalized spacial score (nSPS) is 24.2. The molecule has 2 atom stereocenters. The van der Waals surface area contributed by atoms with E-state index < -0.39 is 11.9 Å². The number of aliphatic hydroxyl groups excluding tert-OH is 1. The van der Waals surface area contributed by atoms with E-state index in [9.17, 15) is 14.3 Å². The number of piperidine rings is 1. The van der Waals surface area contributed by atoms with Crippen molar-refractivity contribution in [3.05, 3.63) is 35.6 Å². The molecular formula is C18H26FIN4O2. The summed E-state index contributed by atoms with van der Waals surface area (Å²) in [5.41, 5.74) is 0.239. The molecule has 2 aliphatic rings. The molecule has 1 spiro atoms. The van der Waals surface area contributed by atoms with Crippen molar-refractivity contribution in [3.63, 3.8) is 0 Å². The number of halogens is 2. The van der Waals surface area contributed by atoms with Gasteiger partial charge in [-0.05, 0) is 18.9 Å². The van der Waals surface area contributed by atoms with Crippen LogP contribution >= 0.6 is 24.0 Å². The maximum absolute atomic E-state index is 13.8. The van der Waals surface area contributed by atoms with Gasteiger partial charge in [-0.25, -0.2) is 4.39 Å². The Morgan fingerprint density at radius 1 is 1.50 bits per heavy atom. The van der Waals surface area contributed by atoms with E-state index in [0.29, 0.717) is 18.9 Å². The van der Waals surface area contributed by atoms with Crippen LogP contribution in [0.3, 0.4) is 0 Å². The summed E-state index contributed by atoms with van der Waals surface area (Å²) in [5.74, 6) is 0.368. The standard InChI is InChI=1S/C18H25FN4O2.HI/c1-20-17(21-10-15(24)13-5-2-3-6-14(13)19)23-8-4-7-18(12-23)9-16(25)22-11-18;/h2-3,5-6,15,24H,4,7-12H2,1H3,(H,20,21)(H,22,25);1H. The highest BCUT2D eigenvalue weighted by Crippen LogP contribution is 2.36. The molecule has 2 heterocycles. The lowest BCUT2D eigenvalue weighted by molar-refractivity contribution is -0.119. The zero-order valence-electron chi connectivity index (χ0n) is 14.9. The maximum Gasteiger partial charge on any atom is 0.220 e. The highest BCUT2D eigenvalue weighted by atomic mass is 127. The van der Waals surface area contributed by atoms with Crippen LogP contribution < -0.4 is 10.6 Å². The smallest absolute Gasteiger partial charge is 0.220 e. The second-order valence-corrected chi connectivity index (χ2v) is 6.94. The van der Waals surface area contributed by atoms with Crippen LogP contribution in [0.4, 0.5) is 4.39 Å². The van der Waals surface area contributed by atoms with Crippen molar-refractivity contribution in [3.8, 4) is 0 Å². The number of aliphatic imine (C=N–C) groups is 1. The molecule has 0 saturated carbocycles. The Hall–Kier alpha value is -1.42. The minimum atomic E-state index is -0.952. The van der Waals surface area contributed by atoms with Gasteiger partial charge in [0, 0.05) is 50.6 Å². The van der Waals surface area contributed by atoms with Gasteiger partial charge in [0.05, 0.1) is 6.10 Å². The number of guanidine groups is 1. The lowest BCUT2D eigenvalue weighted by atomic mass is 9.79. The molecule has 0 radical (unpaired) electrons. The number of nitrogens with zero attached hydrogens (tertiary/aromatic N) is 2. The van der Waals surface area contributed by atoms with Gasteiger partial charge in [-0.3, -0.25) is 9.79 Å². The van der Waals surface area contributed by atoms with Gasteiger partial charge in [-0.1, -0.05) is 18.2 Å². The molecule has 144 valence electrons. The molecule has 0 aromatic heterocycles. The molecule has 1 aromatic carbocycles. The lowest BCUT2D eigenvalue weighted by Gasteiger charge is -2.40. The Morgan fingerprint density at radius 2 is 2.27 bits per heavy atom. The predicted molar refractivity (Wildman–Crippen MR) is 109 cm³/mol. The third-order valence-electron chi connectivity index (χ3n) is 5.09. The van der Waals surface area contributed by atoms with Crippen LogP contribution in [0.5, 0.6) is 0 Å². The van der Waals surface area contributed by atoms with E-state index in [0.717, 1.165) is 25.9 Å². The minimum Gasteiger partial charge on any atom is -0.386 e. The number of aliphatic hydroxyl groups is 1. The highest BCUT2D eigenvalue weighted by molar-refractivity contribution is 14.0. The Kier molecular flexibility index (Phi) is 7.22. The molecule has 1 aromatic rings. The summed E-state index contributed by atoms with van der Waals surface area (Å²) in [7, 11) is 1.69. The van der Waals surface area contributed by atoms with Crippen LogP contribution in [-0.4, -0.2) is 55.1 Å². The number of nitrogens with one attached hydrogen (secondary N) is 2. The zero-order valence-corrected chi connectivity index (χ0v) is 17.2. The fourth-order valence-corrected chi connectivity index (χ4v) is 3.80. The van der Waals surface area contributed by atoms with Crippen LogP contribution in [0.15, 0.2) is 29.3 Å². The van der Waals surface area contributed by atoms with Gasteiger partial charge in [0.15, 0.2) is 5.96 Å². The van der Waals surface area contributed by atoms with Crippen molar-refractivity contribution in [2.75, 3.05) is 33.2 Å². The molecule has 2 fully saturated rings. The third kappa shape index (κ3) is 4.64. The van der Waals surface area contributed by atoms with Gasteiger partial charge in [0.25, 0.3) is 0 Å². The summed E-state index contributed by atoms with van der Waals surface area (Å²) in [5, 5.41) is 16.3. The summed E-state index contributed by atoms with van der Waals surface area (Å²) >= 11 is 0. The molecule has 1 amide bonds. The number of rotatable bonds is 3. The van der Waals surface area contributed by atoms with Crippen molar-refractivity contribution in [2.45, 2.75) is 25.4 Å². The Bertz CT molecular complexity index is 672. The second-order valence-electron chi connectivity index (χ2n) is 6.94. The Labute approximate surface area is 170 Å². The number of carbonyl (C=O) groups excluding carboxylic acids is 1. The van der Waals surface area contributed by atoms with E-state index in [1.54, 1.807) is 25.2 Å². The van der Waals surface area contributed by atoms with Crippen LogP contribution in [0, 0.1) is 11.2 Å². The van der Waals surface area contributed by atoms with E-state index in [-0.39, 0.29) is 47.4 Å². The Morgan fingerprint density at radius 3 is 2.92 bits per heavy atom. The van der Waals surface area contributed by atoms with Gasteiger partial charge in [-0.15, -0.1) is 24.0 Å². The molecule has 8 heteroatoms. The summed E-state index contributed by atoms with van der Waals surface area (Å²) < 4.78 is 13.8. The largest absolute Gasteiger partial charge is 0.386 e. The number of amides is 1. The lowest BCUT2D eigenvalue weighted by Crippen LogP contribution is -2.51. The summed E-state index contributed by atoms with van der Waals surface area (Å²) in [4.78, 5) is 18.0. The first-order valence-corrected chi connectivity index (χ1v) is 8.68. The number of hydrogen-bond donors (Lipinski definition) is 3. The van der Waals surface area contributed by atoms with Gasteiger partial charge < -0.3 is 20.6 Å². The van der Waals surface area contributed by atoms with Crippen LogP contribution in [0.25, 0.3) is 0 Å². The molecule has 26 heavy (non-hydrogen) atoms. The van der Waals surface area contributed by atoms with Crippen molar-refractivity contribution in [2.24, 2.45) is 10.4 Å². The average molecular weight is 476 g/mol. The van der Waals surface area contributed by atoms with Gasteiger partial charge in [-0.2, -0.15) is 0 Å². The van der Waals surface area contributed by atoms with E-state index in [2.05, 4.69) is 20.5 Å². The molecule has 6 nitrogen and oxygen atoms in total. The predicted octanol–water partition coefficient (Wildman–Crippen LogP) is 1.65. The molecular weight excluding hydrogens is 450 g/mol. The molecule has 0 aliphatic carbocycles. The van der Waals surface area contributed by atoms with E-state index in [4.69, 9.17) is 0 Å². The summed E-state index contributed by atoms with van der Waals surface area (Å²) in [6.07, 6.45) is 1.62. The topological polar surface area (TPSA) is 77.0 Å². The van der Waals surface area contributed by atoms with Crippen LogP contribution in [0.2, 0.25) is 0 Å². The first kappa shape index (κ1) is 20.9. The van der Waals surface area contributed by atoms with Crippen molar-refractivity contribution in [1.82, 2.24) is 15.5 Å². The first-order valence-electron chi connectivity index (χ1n) is 8.68. The average Bonchev–Trinajstić information content (AvgIpc) is 2.95. The number of carbonyl (C=O) groups is 1. The molecule has 0 bridgehead atoms. The number of likely N-dealkylation sites (tertiary alicyclic amines) is 1. The molecule has 3 N–H and O–H groups in total. The summed E-state index contributed by atoms with van der Waals surface area (Å²) in [6, 6.07) is 6.22. The maximum atomic E-state index is 13.8. The molecule has 2 unspecified atom stereocenters. The first-order chi connectivity index (χ1) is 12.0. The number of benzene rings is 1. The quantitative estimate of drug-likeness (QED) is 0.353. The van der Waals surface area contributed by atoms with E-state index in [1.165, 1.54) is 6.07 Å². The van der Waals surface area contributed by atoms with Crippen LogP contribution in [-0.2, 0) is 4.79 Å². The summed E-state index contributed by atoms with van der Waals surface area (Å²) in [6.45, 7) is 2.48. The molecule has 2 aliphatic heterocycles. The van der Waals surface area contributed by atoms with Crippen molar-refractivity contribution < 1.29 is 14.3 Å². The fraction of sp³-hybridized carbons (Fsp3) is 0.556. The van der Waals surface area contributed by atoms with Gasteiger partial charge in [0.1, 0.15) is 5.82 Å². The van der Waals surface area contributed by atoms with Gasteiger partial charge >= 0.3 is 0 Å². The Balaban J connectivity index is 0.00000243. The van der Waals surface area contributed by atoms with E-state index in [1.807, 2.05) is 0 Å². The van der Waals surface area contributed by atoms with Gasteiger partial charge in [0.2, 0.25) is 5.91 Å². The van der Waals surface area contributed by atoms with Crippen LogP contribution in [0.1, 0.15) is 30.9 Å². The van der Waals surface area contributed by atoms with Crippen molar-refractivity contribution >= 4 is 35.8 Å². The SMILES string of the molecule is CN=C(NCC(O)c1ccccc1F)N1CCCC2(CNC(=O)C2)C1.I. The zero-order chi connectivity index (χ0) is 17.9. The molecule has 2 saturated heterocycles. The third-order valence-corrected chi connectivity index (χ3v) is 5.09. The monoisotopic (exact) mass is 476 g/mol. The molecule has 3 rings (SSSR count). The number of hydrogen-bond acceptors (Lipinski definition) is 3.